The van der Waals surface area contributed by atoms with Gasteiger partial charge < -0.3 is 15.1 Å². The van der Waals surface area contributed by atoms with E-state index in [4.69, 9.17) is 0 Å². The van der Waals surface area contributed by atoms with Crippen molar-refractivity contribution in [3.8, 4) is 10.6 Å². The first-order chi connectivity index (χ1) is 16.9. The molecule has 1 amide bonds. The Kier molecular flexibility index (Phi) is 5.56. The lowest BCUT2D eigenvalue weighted by atomic mass is 9.91. The summed E-state index contributed by atoms with van der Waals surface area (Å²) in [6.45, 7) is 2.21. The van der Waals surface area contributed by atoms with E-state index in [0.717, 1.165) is 56.5 Å². The summed E-state index contributed by atoms with van der Waals surface area (Å²) in [5.74, 6) is 0.962. The normalized spacial score (nSPS) is 20.1. The van der Waals surface area contributed by atoms with Crippen LogP contribution in [0.3, 0.4) is 0 Å². The highest BCUT2D eigenvalue weighted by molar-refractivity contribution is 7.16. The molecule has 0 bridgehead atoms. The van der Waals surface area contributed by atoms with Gasteiger partial charge in [-0.15, -0.1) is 11.3 Å². The number of thiophene rings is 1. The maximum absolute atomic E-state index is 14.8. The third kappa shape index (κ3) is 3.81. The molecule has 6 rings (SSSR count). The van der Waals surface area contributed by atoms with E-state index in [1.807, 2.05) is 24.2 Å². The monoisotopic (exact) mass is 492 g/mol. The summed E-state index contributed by atoms with van der Waals surface area (Å²) in [5.41, 5.74) is 1.91. The number of piperidine rings is 1. The molecule has 1 N–H and O–H groups in total. The van der Waals surface area contributed by atoms with Crippen LogP contribution in [0.25, 0.3) is 10.6 Å². The molecular weight excluding hydrogens is 463 g/mol. The van der Waals surface area contributed by atoms with Gasteiger partial charge in [0.25, 0.3) is 5.91 Å². The number of carbonyl (C=O) groups excluding carboxylic acids is 1. The molecule has 35 heavy (non-hydrogen) atoms. The van der Waals surface area contributed by atoms with Gasteiger partial charge in [-0.3, -0.25) is 4.79 Å². The maximum Gasteiger partial charge on any atom is 0.255 e. The number of likely N-dealkylation sites (tertiary alicyclic amines) is 1. The third-order valence-electron chi connectivity index (χ3n) is 7.96. The largest absolute Gasteiger partial charge is 0.331 e. The topological polar surface area (TPSA) is 74.2 Å². The lowest BCUT2D eigenvalue weighted by Crippen LogP contribution is -2.38. The molecule has 0 radical (unpaired) electrons. The molecule has 1 saturated carbocycles. The van der Waals surface area contributed by atoms with Crippen molar-refractivity contribution in [1.82, 2.24) is 24.8 Å². The van der Waals surface area contributed by atoms with E-state index in [2.05, 4.69) is 38.3 Å². The zero-order valence-corrected chi connectivity index (χ0v) is 20.9. The first-order valence-electron chi connectivity index (χ1n) is 12.3. The Balaban J connectivity index is 1.24. The highest BCUT2D eigenvalue weighted by atomic mass is 32.1. The molecule has 3 aromatic heterocycles. The third-order valence-corrected chi connectivity index (χ3v) is 9.29. The minimum Gasteiger partial charge on any atom is -0.331 e. The molecule has 0 aromatic carbocycles. The van der Waals surface area contributed by atoms with Crippen LogP contribution >= 0.6 is 11.3 Å². The van der Waals surface area contributed by atoms with Gasteiger partial charge in [0.2, 0.25) is 5.95 Å². The number of anilines is 2. The van der Waals surface area contributed by atoms with E-state index in [1.54, 1.807) is 6.07 Å². The molecule has 1 aliphatic carbocycles. The average Bonchev–Trinajstić information content (AvgIpc) is 3.57. The summed E-state index contributed by atoms with van der Waals surface area (Å²) < 4.78 is 14.8. The molecule has 182 valence electrons. The molecule has 2 aliphatic heterocycles. The van der Waals surface area contributed by atoms with Gasteiger partial charge in [0, 0.05) is 18.1 Å². The van der Waals surface area contributed by atoms with Crippen molar-refractivity contribution in [2.45, 2.75) is 50.0 Å². The number of nitrogens with zero attached hydrogens (tertiary/aromatic N) is 5. The predicted molar refractivity (Wildman–Crippen MR) is 135 cm³/mol. The van der Waals surface area contributed by atoms with Crippen LogP contribution < -0.4 is 5.32 Å². The zero-order chi connectivity index (χ0) is 24.2. The Labute approximate surface area is 208 Å². The molecule has 1 spiro atoms. The van der Waals surface area contributed by atoms with Crippen molar-refractivity contribution in [2.75, 3.05) is 32.5 Å². The van der Waals surface area contributed by atoms with Crippen molar-refractivity contribution in [1.29, 1.82) is 0 Å². The van der Waals surface area contributed by atoms with E-state index in [-0.39, 0.29) is 23.1 Å². The van der Waals surface area contributed by atoms with Crippen LogP contribution in [0, 0.1) is 5.82 Å². The lowest BCUT2D eigenvalue weighted by molar-refractivity contribution is 0.0645. The van der Waals surface area contributed by atoms with Crippen LogP contribution in [0.2, 0.25) is 0 Å². The molecule has 3 aromatic rings. The van der Waals surface area contributed by atoms with Crippen molar-refractivity contribution in [3.05, 3.63) is 52.4 Å². The van der Waals surface area contributed by atoms with Gasteiger partial charge >= 0.3 is 0 Å². The number of carbonyl (C=O) groups is 1. The van der Waals surface area contributed by atoms with Gasteiger partial charge in [-0.25, -0.2) is 19.3 Å². The maximum atomic E-state index is 14.8. The molecule has 3 aliphatic rings. The highest BCUT2D eigenvalue weighted by Crippen LogP contribution is 2.53. The number of pyridine rings is 1. The SMILES string of the molecule is CN1CCC(c2ccc(Nc3ncc(F)c(-c4cc5c(s4)C4(CCCC4)N(C)C5=O)n3)nc2)CC1. The van der Waals surface area contributed by atoms with Crippen molar-refractivity contribution in [3.63, 3.8) is 0 Å². The fraction of sp³-hybridized carbons (Fsp3) is 0.462. The Bertz CT molecular complexity index is 1260. The molecule has 1 saturated heterocycles. The first-order valence-corrected chi connectivity index (χ1v) is 13.1. The fourth-order valence-electron chi connectivity index (χ4n) is 5.84. The summed E-state index contributed by atoms with van der Waals surface area (Å²) in [6.07, 6.45) is 9.49. The Morgan fingerprint density at radius 3 is 2.60 bits per heavy atom. The molecular formula is C26H29FN6OS. The number of aromatic nitrogens is 3. The average molecular weight is 493 g/mol. The van der Waals surface area contributed by atoms with E-state index in [1.165, 1.54) is 23.1 Å². The van der Waals surface area contributed by atoms with Gasteiger partial charge in [0.1, 0.15) is 11.5 Å². The second-order valence-electron chi connectivity index (χ2n) is 10.0. The second kappa shape index (κ2) is 8.64. The lowest BCUT2D eigenvalue weighted by Gasteiger charge is -2.32. The van der Waals surface area contributed by atoms with Crippen LogP contribution in [0.4, 0.5) is 16.2 Å². The smallest absolute Gasteiger partial charge is 0.255 e. The number of amides is 1. The van der Waals surface area contributed by atoms with E-state index < -0.39 is 5.82 Å². The minimum atomic E-state index is -0.498. The van der Waals surface area contributed by atoms with E-state index in [9.17, 15) is 9.18 Å². The van der Waals surface area contributed by atoms with Crippen molar-refractivity contribution < 1.29 is 9.18 Å². The summed E-state index contributed by atoms with van der Waals surface area (Å²) in [7, 11) is 4.05. The van der Waals surface area contributed by atoms with E-state index >= 15 is 0 Å². The Hall–Kier alpha value is -2.91. The fourth-order valence-corrected chi connectivity index (χ4v) is 7.26. The van der Waals surface area contributed by atoms with Gasteiger partial charge in [0.15, 0.2) is 5.82 Å². The quantitative estimate of drug-likeness (QED) is 0.543. The second-order valence-corrected chi connectivity index (χ2v) is 11.1. The van der Waals surface area contributed by atoms with E-state index in [0.29, 0.717) is 22.2 Å². The number of nitrogens with one attached hydrogen (secondary N) is 1. The number of halogens is 1. The first kappa shape index (κ1) is 22.5. The van der Waals surface area contributed by atoms with Crippen LogP contribution in [0.1, 0.15) is 65.2 Å². The molecule has 0 unspecified atom stereocenters. The summed E-state index contributed by atoms with van der Waals surface area (Å²) in [5, 5.41) is 3.11. The predicted octanol–water partition coefficient (Wildman–Crippen LogP) is 5.15. The molecule has 0 atom stereocenters. The van der Waals surface area contributed by atoms with Crippen LogP contribution in [0.15, 0.2) is 30.6 Å². The molecule has 5 heterocycles. The summed E-state index contributed by atoms with van der Waals surface area (Å²) in [6, 6.07) is 5.83. The summed E-state index contributed by atoms with van der Waals surface area (Å²) in [4.78, 5) is 32.0. The van der Waals surface area contributed by atoms with Crippen LogP contribution in [-0.4, -0.2) is 57.8 Å². The molecule has 2 fully saturated rings. The van der Waals surface area contributed by atoms with Gasteiger partial charge in [0.05, 0.1) is 22.2 Å². The number of hydrogen-bond donors (Lipinski definition) is 1. The Morgan fingerprint density at radius 2 is 1.89 bits per heavy atom. The van der Waals surface area contributed by atoms with Gasteiger partial charge in [-0.05, 0) is 69.4 Å². The Morgan fingerprint density at radius 1 is 1.11 bits per heavy atom. The number of fused-ring (bicyclic) bond motifs is 2. The van der Waals surface area contributed by atoms with Crippen molar-refractivity contribution in [2.24, 2.45) is 0 Å². The molecule has 9 heteroatoms. The van der Waals surface area contributed by atoms with Crippen LogP contribution in [-0.2, 0) is 5.54 Å². The summed E-state index contributed by atoms with van der Waals surface area (Å²) >= 11 is 1.49. The minimum absolute atomic E-state index is 0.0195. The zero-order valence-electron chi connectivity index (χ0n) is 20.1. The number of rotatable bonds is 4. The van der Waals surface area contributed by atoms with Gasteiger partial charge in [-0.1, -0.05) is 18.9 Å². The van der Waals surface area contributed by atoms with Crippen LogP contribution in [0.5, 0.6) is 0 Å². The number of hydrogen-bond acceptors (Lipinski definition) is 7. The van der Waals surface area contributed by atoms with Crippen molar-refractivity contribution >= 4 is 29.0 Å². The highest BCUT2D eigenvalue weighted by Gasteiger charge is 2.50. The standard InChI is InChI=1S/C26H29FN6OS/c1-32-11-7-16(8-12-32)17-5-6-21(28-14-17)30-25-29-15-19(27)22(31-25)20-13-18-23(35-20)26(9-3-4-10-26)33(2)24(18)34/h5-6,13-16H,3-4,7-12H2,1-2H3,(H,28,29,30,31). The van der Waals surface area contributed by atoms with Gasteiger partial charge in [-0.2, -0.15) is 0 Å². The molecule has 7 nitrogen and oxygen atoms in total.